The van der Waals surface area contributed by atoms with E-state index in [2.05, 4.69) is 4.57 Å². The Morgan fingerprint density at radius 1 is 1.00 bits per heavy atom. The van der Waals surface area contributed by atoms with E-state index in [4.69, 9.17) is 0 Å². The minimum absolute atomic E-state index is 0.119. The summed E-state index contributed by atoms with van der Waals surface area (Å²) in [5.41, 5.74) is 1.95. The van der Waals surface area contributed by atoms with Gasteiger partial charge in [-0.25, -0.2) is 8.78 Å². The maximum absolute atomic E-state index is 13.7. The molecule has 1 unspecified atom stereocenters. The molecule has 2 aromatic carbocycles. The second-order valence-electron chi connectivity index (χ2n) is 8.76. The fraction of sp³-hybridized carbons (Fsp3) is 0.308. The third-order valence-electron chi connectivity index (χ3n) is 5.81. The molecule has 5 nitrogen and oxygen atoms in total. The SMILES string of the molecule is CC(C)CN(CC(=O)N1CCn2cccc2C1c1ccc(F)cc1)C(=O)c1cccc(F)c1. The third kappa shape index (κ3) is 4.97. The molecule has 0 spiro atoms. The van der Waals surface area contributed by atoms with Crippen molar-refractivity contribution in [1.82, 2.24) is 14.4 Å². The zero-order valence-corrected chi connectivity index (χ0v) is 18.7. The monoisotopic (exact) mass is 451 g/mol. The predicted molar refractivity (Wildman–Crippen MR) is 122 cm³/mol. The summed E-state index contributed by atoms with van der Waals surface area (Å²) in [5.74, 6) is -1.30. The number of amides is 2. The number of hydrogen-bond donors (Lipinski definition) is 0. The van der Waals surface area contributed by atoms with E-state index < -0.39 is 5.82 Å². The van der Waals surface area contributed by atoms with Crippen LogP contribution in [0.5, 0.6) is 0 Å². The van der Waals surface area contributed by atoms with Crippen LogP contribution in [0.2, 0.25) is 0 Å². The molecule has 1 aliphatic rings. The Morgan fingerprint density at radius 2 is 1.76 bits per heavy atom. The van der Waals surface area contributed by atoms with E-state index in [1.807, 2.05) is 32.2 Å². The average Bonchev–Trinajstić information content (AvgIpc) is 3.27. The van der Waals surface area contributed by atoms with Crippen molar-refractivity contribution in [3.8, 4) is 0 Å². The van der Waals surface area contributed by atoms with E-state index >= 15 is 0 Å². The van der Waals surface area contributed by atoms with Gasteiger partial charge in [-0.1, -0.05) is 32.0 Å². The molecule has 2 heterocycles. The predicted octanol–water partition coefficient (Wildman–Crippen LogP) is 4.50. The number of carbonyl (C=O) groups is 2. The Hall–Kier alpha value is -3.48. The first-order valence-corrected chi connectivity index (χ1v) is 11.1. The van der Waals surface area contributed by atoms with Crippen LogP contribution >= 0.6 is 0 Å². The van der Waals surface area contributed by atoms with Crippen LogP contribution in [0.4, 0.5) is 8.78 Å². The second kappa shape index (κ2) is 9.57. The van der Waals surface area contributed by atoms with Gasteiger partial charge in [0.2, 0.25) is 5.91 Å². The van der Waals surface area contributed by atoms with Gasteiger partial charge in [0, 0.05) is 37.1 Å². The van der Waals surface area contributed by atoms with Gasteiger partial charge < -0.3 is 14.4 Å². The van der Waals surface area contributed by atoms with Crippen molar-refractivity contribution in [2.45, 2.75) is 26.4 Å². The normalized spacial score (nSPS) is 15.4. The lowest BCUT2D eigenvalue weighted by Gasteiger charge is -2.38. The third-order valence-corrected chi connectivity index (χ3v) is 5.81. The van der Waals surface area contributed by atoms with E-state index in [1.54, 1.807) is 23.1 Å². The van der Waals surface area contributed by atoms with Crippen LogP contribution in [-0.2, 0) is 11.3 Å². The summed E-state index contributed by atoms with van der Waals surface area (Å²) in [5, 5.41) is 0. The molecule has 4 rings (SSSR count). The Balaban J connectivity index is 1.62. The van der Waals surface area contributed by atoms with Crippen LogP contribution in [0.15, 0.2) is 66.9 Å². The van der Waals surface area contributed by atoms with Gasteiger partial charge in [0.05, 0.1) is 6.04 Å². The Bertz CT molecular complexity index is 1140. The summed E-state index contributed by atoms with van der Waals surface area (Å²) in [4.78, 5) is 29.9. The van der Waals surface area contributed by atoms with Gasteiger partial charge in [0.25, 0.3) is 5.91 Å². The molecule has 1 atom stereocenters. The van der Waals surface area contributed by atoms with Crippen LogP contribution in [0.25, 0.3) is 0 Å². The fourth-order valence-corrected chi connectivity index (χ4v) is 4.37. The molecule has 0 radical (unpaired) electrons. The van der Waals surface area contributed by atoms with Crippen LogP contribution in [0, 0.1) is 17.6 Å². The molecule has 0 saturated carbocycles. The number of benzene rings is 2. The van der Waals surface area contributed by atoms with Crippen LogP contribution < -0.4 is 0 Å². The molecule has 0 bridgehead atoms. The molecular weight excluding hydrogens is 424 g/mol. The Labute approximate surface area is 192 Å². The van der Waals surface area contributed by atoms with Gasteiger partial charge in [-0.05, 0) is 53.9 Å². The summed E-state index contributed by atoms with van der Waals surface area (Å²) in [6.07, 6.45) is 1.96. The van der Waals surface area contributed by atoms with Crippen molar-refractivity contribution in [3.05, 3.63) is 95.3 Å². The standard InChI is InChI=1S/C26H27F2N3O2/c1-18(2)16-30(26(33)20-5-3-6-22(28)15-20)17-24(32)31-14-13-29-12-4-7-23(29)25(31)19-8-10-21(27)11-9-19/h3-12,15,18,25H,13-14,16-17H2,1-2H3. The molecule has 0 saturated heterocycles. The minimum atomic E-state index is -0.496. The Kier molecular flexibility index (Phi) is 6.58. The molecule has 0 aliphatic carbocycles. The van der Waals surface area contributed by atoms with Crippen molar-refractivity contribution >= 4 is 11.8 Å². The molecule has 33 heavy (non-hydrogen) atoms. The number of halogens is 2. The van der Waals surface area contributed by atoms with Gasteiger partial charge in [-0.2, -0.15) is 0 Å². The minimum Gasteiger partial charge on any atom is -0.348 e. The molecule has 0 N–H and O–H groups in total. The average molecular weight is 452 g/mol. The largest absolute Gasteiger partial charge is 0.348 e. The van der Waals surface area contributed by atoms with Crippen molar-refractivity contribution in [3.63, 3.8) is 0 Å². The second-order valence-corrected chi connectivity index (χ2v) is 8.76. The van der Waals surface area contributed by atoms with Crippen LogP contribution in [-0.4, -0.2) is 45.8 Å². The highest BCUT2D eigenvalue weighted by atomic mass is 19.1. The highest BCUT2D eigenvalue weighted by Crippen LogP contribution is 2.32. The lowest BCUT2D eigenvalue weighted by Crippen LogP contribution is -2.48. The first-order chi connectivity index (χ1) is 15.8. The molecule has 2 amide bonds. The van der Waals surface area contributed by atoms with E-state index in [-0.39, 0.29) is 41.7 Å². The molecule has 1 aromatic heterocycles. The van der Waals surface area contributed by atoms with Gasteiger partial charge in [-0.3, -0.25) is 9.59 Å². The topological polar surface area (TPSA) is 45.6 Å². The van der Waals surface area contributed by atoms with Crippen molar-refractivity contribution in [1.29, 1.82) is 0 Å². The molecule has 7 heteroatoms. The summed E-state index contributed by atoms with van der Waals surface area (Å²) in [6, 6.07) is 15.2. The molecule has 3 aromatic rings. The van der Waals surface area contributed by atoms with E-state index in [9.17, 15) is 18.4 Å². The van der Waals surface area contributed by atoms with Crippen molar-refractivity contribution < 1.29 is 18.4 Å². The quantitative estimate of drug-likeness (QED) is 0.554. The molecule has 172 valence electrons. The maximum Gasteiger partial charge on any atom is 0.254 e. The molecule has 1 aliphatic heterocycles. The number of rotatable bonds is 6. The summed E-state index contributed by atoms with van der Waals surface area (Å²) >= 11 is 0. The van der Waals surface area contributed by atoms with Gasteiger partial charge in [0.1, 0.15) is 18.2 Å². The first kappa shape index (κ1) is 22.7. The highest BCUT2D eigenvalue weighted by Gasteiger charge is 2.33. The van der Waals surface area contributed by atoms with Crippen molar-refractivity contribution in [2.24, 2.45) is 5.92 Å². The highest BCUT2D eigenvalue weighted by molar-refractivity contribution is 5.96. The number of fused-ring (bicyclic) bond motifs is 1. The summed E-state index contributed by atoms with van der Waals surface area (Å²) in [7, 11) is 0. The Morgan fingerprint density at radius 3 is 2.45 bits per heavy atom. The maximum atomic E-state index is 13.7. The number of aromatic nitrogens is 1. The van der Waals surface area contributed by atoms with E-state index in [0.717, 1.165) is 11.3 Å². The summed E-state index contributed by atoms with van der Waals surface area (Å²) in [6.45, 7) is 5.27. The number of nitrogens with zero attached hydrogens (tertiary/aromatic N) is 3. The molecule has 0 fully saturated rings. The lowest BCUT2D eigenvalue weighted by atomic mass is 9.99. The number of hydrogen-bond acceptors (Lipinski definition) is 2. The van der Waals surface area contributed by atoms with E-state index in [0.29, 0.717) is 19.6 Å². The molecular formula is C26H27F2N3O2. The van der Waals surface area contributed by atoms with Gasteiger partial charge in [-0.15, -0.1) is 0 Å². The van der Waals surface area contributed by atoms with E-state index in [1.165, 1.54) is 35.2 Å². The lowest BCUT2D eigenvalue weighted by molar-refractivity contribution is -0.134. The van der Waals surface area contributed by atoms with Crippen molar-refractivity contribution in [2.75, 3.05) is 19.6 Å². The summed E-state index contributed by atoms with van der Waals surface area (Å²) < 4.78 is 29.4. The first-order valence-electron chi connectivity index (χ1n) is 11.1. The number of carbonyl (C=O) groups excluding carboxylic acids is 2. The van der Waals surface area contributed by atoms with Crippen LogP contribution in [0.1, 0.15) is 41.5 Å². The smallest absolute Gasteiger partial charge is 0.254 e. The fourth-order valence-electron chi connectivity index (χ4n) is 4.37. The zero-order valence-electron chi connectivity index (χ0n) is 18.7. The van der Waals surface area contributed by atoms with Gasteiger partial charge in [0.15, 0.2) is 0 Å². The van der Waals surface area contributed by atoms with Crippen LogP contribution in [0.3, 0.4) is 0 Å². The zero-order chi connectivity index (χ0) is 23.5. The van der Waals surface area contributed by atoms with Gasteiger partial charge >= 0.3 is 0 Å².